The molecule has 5 nitrogen and oxygen atoms in total. The molecule has 1 heterocycles. The molecule has 2 aromatic carbocycles. The molecule has 126 valence electrons. The van der Waals surface area contributed by atoms with E-state index in [1.54, 1.807) is 6.07 Å². The Morgan fingerprint density at radius 1 is 0.960 bits per heavy atom. The summed E-state index contributed by atoms with van der Waals surface area (Å²) in [6.07, 6.45) is 3.53. The first-order valence-electron chi connectivity index (χ1n) is 8.12. The second kappa shape index (κ2) is 6.72. The molecule has 0 unspecified atom stereocenters. The van der Waals surface area contributed by atoms with Crippen LogP contribution in [-0.4, -0.2) is 9.97 Å². The molecule has 0 bridgehead atoms. The molecule has 1 aliphatic carbocycles. The SMILES string of the molecule is Nc1nc(Nc2ccc3c(c2)CCC3)cc(Oc2ccc(Br)cc2)n1. The van der Waals surface area contributed by atoms with Crippen LogP contribution >= 0.6 is 15.9 Å². The summed E-state index contributed by atoms with van der Waals surface area (Å²) in [5.74, 6) is 1.86. The molecule has 3 N–H and O–H groups in total. The Kier molecular flexibility index (Phi) is 4.28. The van der Waals surface area contributed by atoms with Crippen molar-refractivity contribution in [2.75, 3.05) is 11.1 Å². The Balaban J connectivity index is 1.56. The highest BCUT2D eigenvalue weighted by atomic mass is 79.9. The van der Waals surface area contributed by atoms with E-state index in [-0.39, 0.29) is 5.95 Å². The Morgan fingerprint density at radius 2 is 1.76 bits per heavy atom. The number of rotatable bonds is 4. The summed E-state index contributed by atoms with van der Waals surface area (Å²) >= 11 is 3.40. The van der Waals surface area contributed by atoms with Crippen molar-refractivity contribution in [1.82, 2.24) is 9.97 Å². The number of nitrogens with zero attached hydrogens (tertiary/aromatic N) is 2. The summed E-state index contributed by atoms with van der Waals surface area (Å²) in [4.78, 5) is 8.39. The molecule has 1 aromatic heterocycles. The smallest absolute Gasteiger partial charge is 0.226 e. The predicted molar refractivity (Wildman–Crippen MR) is 102 cm³/mol. The van der Waals surface area contributed by atoms with Gasteiger partial charge in [-0.05, 0) is 66.8 Å². The largest absolute Gasteiger partial charge is 0.439 e. The minimum atomic E-state index is 0.165. The first kappa shape index (κ1) is 15.9. The van der Waals surface area contributed by atoms with Gasteiger partial charge in [0.1, 0.15) is 11.6 Å². The lowest BCUT2D eigenvalue weighted by Gasteiger charge is -2.10. The van der Waals surface area contributed by atoms with Gasteiger partial charge in [0.05, 0.1) is 0 Å². The van der Waals surface area contributed by atoms with Crippen LogP contribution in [0.5, 0.6) is 11.6 Å². The third-order valence-corrected chi connectivity index (χ3v) is 4.66. The topological polar surface area (TPSA) is 73.1 Å². The van der Waals surface area contributed by atoms with Gasteiger partial charge in [-0.25, -0.2) is 0 Å². The number of halogens is 1. The molecule has 0 saturated heterocycles. The van der Waals surface area contributed by atoms with Gasteiger partial charge in [-0.15, -0.1) is 0 Å². The Morgan fingerprint density at radius 3 is 2.60 bits per heavy atom. The van der Waals surface area contributed by atoms with Gasteiger partial charge < -0.3 is 15.8 Å². The zero-order valence-corrected chi connectivity index (χ0v) is 15.1. The third kappa shape index (κ3) is 3.74. The van der Waals surface area contributed by atoms with E-state index < -0.39 is 0 Å². The van der Waals surface area contributed by atoms with Crippen LogP contribution in [0, 0.1) is 0 Å². The van der Waals surface area contributed by atoms with Crippen LogP contribution in [0.2, 0.25) is 0 Å². The minimum absolute atomic E-state index is 0.165. The number of nitrogen functional groups attached to an aromatic ring is 1. The second-order valence-electron chi connectivity index (χ2n) is 5.97. The van der Waals surface area contributed by atoms with Crippen molar-refractivity contribution < 1.29 is 4.74 Å². The summed E-state index contributed by atoms with van der Waals surface area (Å²) in [6, 6.07) is 15.7. The van der Waals surface area contributed by atoms with Crippen LogP contribution in [0.15, 0.2) is 53.0 Å². The highest BCUT2D eigenvalue weighted by Gasteiger charge is 2.11. The van der Waals surface area contributed by atoms with Gasteiger partial charge in [-0.3, -0.25) is 0 Å². The molecular weight excluding hydrogens is 380 g/mol. The van der Waals surface area contributed by atoms with Gasteiger partial charge in [0.2, 0.25) is 11.8 Å². The fourth-order valence-corrected chi connectivity index (χ4v) is 3.24. The number of ether oxygens (including phenoxy) is 1. The summed E-state index contributed by atoms with van der Waals surface area (Å²) in [6.45, 7) is 0. The molecule has 0 fully saturated rings. The van der Waals surface area contributed by atoms with Gasteiger partial charge in [0.15, 0.2) is 0 Å². The molecule has 0 spiro atoms. The number of hydrogen-bond acceptors (Lipinski definition) is 5. The lowest BCUT2D eigenvalue weighted by atomic mass is 10.1. The van der Waals surface area contributed by atoms with Crippen molar-refractivity contribution in [2.24, 2.45) is 0 Å². The van der Waals surface area contributed by atoms with Crippen molar-refractivity contribution in [3.05, 3.63) is 64.1 Å². The van der Waals surface area contributed by atoms with E-state index in [0.29, 0.717) is 17.4 Å². The fourth-order valence-electron chi connectivity index (χ4n) is 2.98. The monoisotopic (exact) mass is 396 g/mol. The molecule has 0 saturated carbocycles. The normalized spacial score (nSPS) is 12.7. The third-order valence-electron chi connectivity index (χ3n) is 4.13. The predicted octanol–water partition coefficient (Wildman–Crippen LogP) is 4.85. The Labute approximate surface area is 154 Å². The van der Waals surface area contributed by atoms with E-state index >= 15 is 0 Å². The molecule has 25 heavy (non-hydrogen) atoms. The number of anilines is 3. The Hall–Kier alpha value is -2.60. The summed E-state index contributed by atoms with van der Waals surface area (Å²) < 4.78 is 6.76. The van der Waals surface area contributed by atoms with E-state index in [9.17, 15) is 0 Å². The number of nitrogens with one attached hydrogen (secondary N) is 1. The van der Waals surface area contributed by atoms with Crippen molar-refractivity contribution in [2.45, 2.75) is 19.3 Å². The van der Waals surface area contributed by atoms with Crippen LogP contribution < -0.4 is 15.8 Å². The number of hydrogen-bond donors (Lipinski definition) is 2. The Bertz CT molecular complexity index is 912. The zero-order valence-electron chi connectivity index (χ0n) is 13.5. The standard InChI is InChI=1S/C19H17BrN4O/c20-14-5-8-16(9-6-14)25-18-11-17(23-19(21)24-18)22-15-7-4-12-2-1-3-13(12)10-15/h4-11H,1-3H2,(H3,21,22,23,24). The number of benzene rings is 2. The number of nitrogens with two attached hydrogens (primary N) is 1. The van der Waals surface area contributed by atoms with Crippen molar-refractivity contribution in [3.63, 3.8) is 0 Å². The first-order chi connectivity index (χ1) is 12.2. The lowest BCUT2D eigenvalue weighted by Crippen LogP contribution is -2.02. The van der Waals surface area contributed by atoms with Crippen molar-refractivity contribution in [1.29, 1.82) is 0 Å². The second-order valence-corrected chi connectivity index (χ2v) is 6.88. The van der Waals surface area contributed by atoms with Crippen molar-refractivity contribution >= 4 is 33.4 Å². The average molecular weight is 397 g/mol. The van der Waals surface area contributed by atoms with E-state index in [0.717, 1.165) is 16.6 Å². The quantitative estimate of drug-likeness (QED) is 0.659. The van der Waals surface area contributed by atoms with Crippen LogP contribution in [0.25, 0.3) is 0 Å². The molecule has 1 aliphatic rings. The average Bonchev–Trinajstić information content (AvgIpc) is 3.04. The van der Waals surface area contributed by atoms with Crippen LogP contribution in [-0.2, 0) is 12.8 Å². The van der Waals surface area contributed by atoms with Crippen molar-refractivity contribution in [3.8, 4) is 11.6 Å². The van der Waals surface area contributed by atoms with Crippen LogP contribution in [0.1, 0.15) is 17.5 Å². The van der Waals surface area contributed by atoms with E-state index in [1.807, 2.05) is 24.3 Å². The molecule has 0 aliphatic heterocycles. The molecule has 0 radical (unpaired) electrons. The molecule has 0 atom stereocenters. The van der Waals surface area contributed by atoms with Crippen LogP contribution in [0.3, 0.4) is 0 Å². The maximum Gasteiger partial charge on any atom is 0.226 e. The summed E-state index contributed by atoms with van der Waals surface area (Å²) in [5.41, 5.74) is 9.66. The minimum Gasteiger partial charge on any atom is -0.439 e. The summed E-state index contributed by atoms with van der Waals surface area (Å²) in [7, 11) is 0. The van der Waals surface area contributed by atoms with Crippen LogP contribution in [0.4, 0.5) is 17.5 Å². The number of aryl methyl sites for hydroxylation is 2. The zero-order chi connectivity index (χ0) is 17.2. The highest BCUT2D eigenvalue weighted by molar-refractivity contribution is 9.10. The molecule has 0 amide bonds. The number of aromatic nitrogens is 2. The maximum atomic E-state index is 5.83. The molecule has 6 heteroatoms. The van der Waals surface area contributed by atoms with Gasteiger partial charge in [-0.2, -0.15) is 9.97 Å². The first-order valence-corrected chi connectivity index (χ1v) is 8.92. The number of fused-ring (bicyclic) bond motifs is 1. The van der Waals surface area contributed by atoms with Gasteiger partial charge in [-0.1, -0.05) is 22.0 Å². The van der Waals surface area contributed by atoms with E-state index in [2.05, 4.69) is 49.4 Å². The van der Waals surface area contributed by atoms with E-state index in [1.165, 1.54) is 24.0 Å². The summed E-state index contributed by atoms with van der Waals surface area (Å²) in [5, 5.41) is 3.29. The molecular formula is C19H17BrN4O. The van der Waals surface area contributed by atoms with Gasteiger partial charge >= 0.3 is 0 Å². The van der Waals surface area contributed by atoms with Gasteiger partial charge in [0, 0.05) is 16.2 Å². The lowest BCUT2D eigenvalue weighted by molar-refractivity contribution is 0.463. The maximum absolute atomic E-state index is 5.83. The molecule has 3 aromatic rings. The fraction of sp³-hybridized carbons (Fsp3) is 0.158. The van der Waals surface area contributed by atoms with E-state index in [4.69, 9.17) is 10.5 Å². The highest BCUT2D eigenvalue weighted by Crippen LogP contribution is 2.28. The molecule has 4 rings (SSSR count). The van der Waals surface area contributed by atoms with Gasteiger partial charge in [0.25, 0.3) is 0 Å².